The molecule has 0 amide bonds. The van der Waals surface area contributed by atoms with E-state index in [0.29, 0.717) is 18.5 Å². The molecule has 3 heterocycles. The second-order valence-corrected chi connectivity index (χ2v) is 9.98. The van der Waals surface area contributed by atoms with Crippen molar-refractivity contribution in [3.63, 3.8) is 0 Å². The zero-order valence-corrected chi connectivity index (χ0v) is 20.2. The Hall–Kier alpha value is -2.93. The fraction of sp³-hybridized carbons (Fsp3) is 0.519. The maximum atomic E-state index is 13.6. The standard InChI is InChI=1S/C27H35N5O2/c1-19-9-11-21(12-10-19)29-26-28-14-13-24(30-26)25-18-31(17-23-8-3-4-15-34-23)27(33)32(25)22-7-5-6-20(2)16-22/h5-7,13-14,16,18-19,21,23H,3-4,8-12,15,17H2,1-2H3,(H,28,29,30)/t19-,21-,23?. The lowest BCUT2D eigenvalue weighted by molar-refractivity contribution is 0.00543. The Kier molecular flexibility index (Phi) is 6.81. The summed E-state index contributed by atoms with van der Waals surface area (Å²) in [7, 11) is 0. The molecule has 2 aliphatic rings. The zero-order chi connectivity index (χ0) is 23.5. The minimum Gasteiger partial charge on any atom is -0.376 e. The van der Waals surface area contributed by atoms with E-state index in [1.165, 1.54) is 12.8 Å². The smallest absolute Gasteiger partial charge is 0.333 e. The highest BCUT2D eigenvalue weighted by atomic mass is 16.5. The van der Waals surface area contributed by atoms with Gasteiger partial charge in [-0.3, -0.25) is 9.13 Å². The minimum absolute atomic E-state index is 0.0656. The van der Waals surface area contributed by atoms with Crippen LogP contribution in [0.5, 0.6) is 0 Å². The highest BCUT2D eigenvalue weighted by molar-refractivity contribution is 5.59. The Morgan fingerprint density at radius 3 is 2.74 bits per heavy atom. The van der Waals surface area contributed by atoms with Crippen molar-refractivity contribution >= 4 is 5.95 Å². The van der Waals surface area contributed by atoms with Crippen LogP contribution in [0.4, 0.5) is 5.95 Å². The van der Waals surface area contributed by atoms with Gasteiger partial charge in [0.15, 0.2) is 0 Å². The molecule has 1 saturated carbocycles. The van der Waals surface area contributed by atoms with Crippen LogP contribution in [-0.2, 0) is 11.3 Å². The van der Waals surface area contributed by atoms with Gasteiger partial charge in [0, 0.05) is 25.0 Å². The van der Waals surface area contributed by atoms with Gasteiger partial charge in [-0.2, -0.15) is 0 Å². The quantitative estimate of drug-likeness (QED) is 0.561. The lowest BCUT2D eigenvalue weighted by Gasteiger charge is -2.26. The van der Waals surface area contributed by atoms with Gasteiger partial charge in [0.2, 0.25) is 5.95 Å². The number of aryl methyl sites for hydroxylation is 1. The molecule has 1 atom stereocenters. The Morgan fingerprint density at radius 1 is 1.12 bits per heavy atom. The summed E-state index contributed by atoms with van der Waals surface area (Å²) in [5.74, 6) is 1.42. The van der Waals surface area contributed by atoms with Crippen LogP contribution in [-0.4, -0.2) is 37.9 Å². The number of hydrogen-bond acceptors (Lipinski definition) is 5. The molecule has 1 unspecified atom stereocenters. The predicted octanol–water partition coefficient (Wildman–Crippen LogP) is 4.96. The Bertz CT molecular complexity index is 1170. The first kappa shape index (κ1) is 22.8. The molecular formula is C27H35N5O2. The average molecular weight is 462 g/mol. The fourth-order valence-electron chi connectivity index (χ4n) is 5.15. The van der Waals surface area contributed by atoms with Gasteiger partial charge in [0.25, 0.3) is 0 Å². The highest BCUT2D eigenvalue weighted by Crippen LogP contribution is 2.27. The van der Waals surface area contributed by atoms with Crippen LogP contribution in [0.1, 0.15) is 57.4 Å². The van der Waals surface area contributed by atoms with Gasteiger partial charge in [-0.25, -0.2) is 14.8 Å². The van der Waals surface area contributed by atoms with Crippen molar-refractivity contribution in [1.82, 2.24) is 19.1 Å². The van der Waals surface area contributed by atoms with Crippen molar-refractivity contribution in [2.24, 2.45) is 5.92 Å². The lowest BCUT2D eigenvalue weighted by Crippen LogP contribution is -2.31. The first-order valence-corrected chi connectivity index (χ1v) is 12.7. The summed E-state index contributed by atoms with van der Waals surface area (Å²) in [6.45, 7) is 5.69. The van der Waals surface area contributed by atoms with Crippen molar-refractivity contribution in [3.8, 4) is 17.1 Å². The molecule has 1 aliphatic carbocycles. The number of aromatic nitrogens is 4. The molecule has 34 heavy (non-hydrogen) atoms. The van der Waals surface area contributed by atoms with Crippen molar-refractivity contribution in [2.75, 3.05) is 11.9 Å². The monoisotopic (exact) mass is 461 g/mol. The average Bonchev–Trinajstić information content (AvgIpc) is 3.17. The van der Waals surface area contributed by atoms with E-state index in [4.69, 9.17) is 9.72 Å². The van der Waals surface area contributed by atoms with Crippen LogP contribution < -0.4 is 11.0 Å². The highest BCUT2D eigenvalue weighted by Gasteiger charge is 2.22. The summed E-state index contributed by atoms with van der Waals surface area (Å²) in [4.78, 5) is 22.9. The number of rotatable bonds is 6. The summed E-state index contributed by atoms with van der Waals surface area (Å²) < 4.78 is 9.47. The molecule has 0 radical (unpaired) electrons. The third-order valence-corrected chi connectivity index (χ3v) is 7.16. The van der Waals surface area contributed by atoms with Crippen molar-refractivity contribution in [1.29, 1.82) is 0 Å². The number of hydrogen-bond donors (Lipinski definition) is 1. The van der Waals surface area contributed by atoms with Gasteiger partial charge in [0.05, 0.1) is 29.7 Å². The van der Waals surface area contributed by atoms with E-state index < -0.39 is 0 Å². The zero-order valence-electron chi connectivity index (χ0n) is 20.2. The predicted molar refractivity (Wildman–Crippen MR) is 134 cm³/mol. The summed E-state index contributed by atoms with van der Waals surface area (Å²) in [5, 5.41) is 3.53. The van der Waals surface area contributed by atoms with E-state index in [1.807, 2.05) is 43.5 Å². The van der Waals surface area contributed by atoms with Gasteiger partial charge in [0.1, 0.15) is 0 Å². The molecule has 2 aromatic heterocycles. The van der Waals surface area contributed by atoms with Crippen LogP contribution in [0.15, 0.2) is 47.5 Å². The van der Waals surface area contributed by atoms with Gasteiger partial charge < -0.3 is 10.1 Å². The second kappa shape index (κ2) is 10.1. The number of benzene rings is 1. The normalized spacial score (nSPS) is 23.1. The molecule has 7 heteroatoms. The van der Waals surface area contributed by atoms with Gasteiger partial charge in [-0.15, -0.1) is 0 Å². The van der Waals surface area contributed by atoms with Crippen molar-refractivity contribution in [2.45, 2.75) is 77.5 Å². The fourth-order valence-corrected chi connectivity index (χ4v) is 5.15. The number of anilines is 1. The van der Waals surface area contributed by atoms with E-state index in [0.717, 1.165) is 67.3 Å². The lowest BCUT2D eigenvalue weighted by atomic mass is 9.87. The summed E-state index contributed by atoms with van der Waals surface area (Å²) in [5.41, 5.74) is 3.40. The Labute approximate surface area is 201 Å². The third kappa shape index (κ3) is 5.09. The van der Waals surface area contributed by atoms with E-state index in [2.05, 4.69) is 17.2 Å². The van der Waals surface area contributed by atoms with E-state index in [9.17, 15) is 4.79 Å². The molecule has 0 bridgehead atoms. The second-order valence-electron chi connectivity index (χ2n) is 9.98. The number of imidazole rings is 1. The van der Waals surface area contributed by atoms with Crippen LogP contribution >= 0.6 is 0 Å². The van der Waals surface area contributed by atoms with Crippen LogP contribution in [0.2, 0.25) is 0 Å². The molecule has 3 aromatic rings. The molecule has 1 aromatic carbocycles. The topological polar surface area (TPSA) is 74.0 Å². The van der Waals surface area contributed by atoms with E-state index in [-0.39, 0.29) is 11.8 Å². The minimum atomic E-state index is -0.0656. The third-order valence-electron chi connectivity index (χ3n) is 7.16. The van der Waals surface area contributed by atoms with Crippen molar-refractivity contribution < 1.29 is 4.74 Å². The van der Waals surface area contributed by atoms with Crippen LogP contribution in [0.25, 0.3) is 17.1 Å². The van der Waals surface area contributed by atoms with Crippen molar-refractivity contribution in [3.05, 3.63) is 58.8 Å². The number of nitrogens with one attached hydrogen (secondary N) is 1. The molecule has 1 aliphatic heterocycles. The van der Waals surface area contributed by atoms with E-state index >= 15 is 0 Å². The first-order chi connectivity index (χ1) is 16.6. The Balaban J connectivity index is 1.49. The Morgan fingerprint density at radius 2 is 1.97 bits per heavy atom. The first-order valence-electron chi connectivity index (χ1n) is 12.7. The maximum absolute atomic E-state index is 13.6. The largest absolute Gasteiger partial charge is 0.376 e. The molecule has 1 saturated heterocycles. The number of nitrogens with zero attached hydrogens (tertiary/aromatic N) is 4. The number of ether oxygens (including phenoxy) is 1. The molecule has 1 N–H and O–H groups in total. The summed E-state index contributed by atoms with van der Waals surface area (Å²) in [6, 6.07) is 10.3. The van der Waals surface area contributed by atoms with Gasteiger partial charge >= 0.3 is 5.69 Å². The molecule has 2 fully saturated rings. The molecule has 0 spiro atoms. The van der Waals surface area contributed by atoms with Crippen LogP contribution in [0.3, 0.4) is 0 Å². The SMILES string of the molecule is Cc1cccc(-n2c(-c3ccnc(N[C@H]4CC[C@H](C)CC4)n3)cn(CC3CCCCO3)c2=O)c1. The van der Waals surface area contributed by atoms with Gasteiger partial charge in [-0.1, -0.05) is 19.1 Å². The summed E-state index contributed by atoms with van der Waals surface area (Å²) in [6.07, 6.45) is 11.7. The van der Waals surface area contributed by atoms with Gasteiger partial charge in [-0.05, 0) is 81.5 Å². The maximum Gasteiger partial charge on any atom is 0.333 e. The molecule has 7 nitrogen and oxygen atoms in total. The molecule has 5 rings (SSSR count). The molecular weight excluding hydrogens is 426 g/mol. The van der Waals surface area contributed by atoms with E-state index in [1.54, 1.807) is 15.3 Å². The molecule has 180 valence electrons. The van der Waals surface area contributed by atoms with Crippen LogP contribution in [0, 0.1) is 12.8 Å². The summed E-state index contributed by atoms with van der Waals surface area (Å²) >= 11 is 0.